The van der Waals surface area contributed by atoms with Gasteiger partial charge in [0, 0.05) is 6.61 Å². The van der Waals surface area contributed by atoms with Crippen molar-refractivity contribution in [3.63, 3.8) is 0 Å². The van der Waals surface area contributed by atoms with Gasteiger partial charge in [-0.05, 0) is 20.8 Å². The van der Waals surface area contributed by atoms with Crippen LogP contribution < -0.4 is 0 Å². The van der Waals surface area contributed by atoms with Crippen molar-refractivity contribution in [1.29, 1.82) is 0 Å². The highest BCUT2D eigenvalue weighted by molar-refractivity contribution is 6.03. The first-order valence-electron chi connectivity index (χ1n) is 5.23. The van der Waals surface area contributed by atoms with E-state index < -0.39 is 36.9 Å². The van der Waals surface area contributed by atoms with Crippen molar-refractivity contribution < 1.29 is 37.0 Å². The Morgan fingerprint density at radius 2 is 1.67 bits per heavy atom. The Kier molecular flexibility index (Phi) is 7.53. The third-order valence-corrected chi connectivity index (χ3v) is 1.74. The monoisotopic (exact) mass is 272 g/mol. The molecule has 0 N–H and O–H groups in total. The molecule has 0 aromatic heterocycles. The van der Waals surface area contributed by atoms with E-state index in [0.717, 1.165) is 0 Å². The van der Waals surface area contributed by atoms with Crippen LogP contribution in [0.25, 0.3) is 0 Å². The smallest absolute Gasteiger partial charge is 0.351 e. The molecule has 0 rings (SSSR count). The molecule has 18 heavy (non-hydrogen) atoms. The highest BCUT2D eigenvalue weighted by atomic mass is 19.3. The number of rotatable bonds is 8. The number of ether oxygens (including phenoxy) is 3. The minimum Gasteiger partial charge on any atom is -0.433 e. The van der Waals surface area contributed by atoms with E-state index in [1.54, 1.807) is 6.92 Å². The van der Waals surface area contributed by atoms with Gasteiger partial charge >= 0.3 is 5.97 Å². The molecule has 0 aliphatic carbocycles. The molecule has 0 bridgehead atoms. The number of hydrogen-bond acceptors (Lipinski definition) is 5. The summed E-state index contributed by atoms with van der Waals surface area (Å²) in [6.45, 7) is 4.80. The van der Waals surface area contributed by atoms with Gasteiger partial charge in [0.1, 0.15) is 0 Å². The fourth-order valence-corrected chi connectivity index (χ4v) is 1.02. The van der Waals surface area contributed by atoms with Crippen molar-refractivity contribution in [2.75, 3.05) is 6.61 Å². The summed E-state index contributed by atoms with van der Waals surface area (Å²) in [4.78, 5) is 21.5. The van der Waals surface area contributed by atoms with Crippen molar-refractivity contribution in [2.45, 2.75) is 45.9 Å². The minimum absolute atomic E-state index is 0.345. The van der Waals surface area contributed by atoms with Crippen LogP contribution in [0.5, 0.6) is 0 Å². The van der Waals surface area contributed by atoms with Crippen LogP contribution in [0.15, 0.2) is 0 Å². The fraction of sp³-hybridized carbons (Fsp3) is 0.800. The zero-order valence-corrected chi connectivity index (χ0v) is 10.2. The van der Waals surface area contributed by atoms with Crippen LogP contribution >= 0.6 is 0 Å². The number of carbonyl (C=O) groups is 2. The first-order chi connectivity index (χ1) is 8.29. The molecule has 0 aliphatic rings. The normalized spacial score (nSPS) is 16.2. The third kappa shape index (κ3) is 5.97. The Morgan fingerprint density at radius 3 is 2.11 bits per heavy atom. The van der Waals surface area contributed by atoms with Crippen molar-refractivity contribution in [2.24, 2.45) is 0 Å². The number of carbonyl (C=O) groups excluding carboxylic acids is 2. The van der Waals surface area contributed by atoms with Gasteiger partial charge in [0.15, 0.2) is 6.29 Å². The van der Waals surface area contributed by atoms with Crippen molar-refractivity contribution in [3.05, 3.63) is 0 Å². The van der Waals surface area contributed by atoms with E-state index in [9.17, 15) is 22.8 Å². The Labute approximate surface area is 102 Å². The molecule has 0 saturated heterocycles. The quantitative estimate of drug-likeness (QED) is 0.380. The number of halogens is 3. The second-order valence-electron chi connectivity index (χ2n) is 3.23. The van der Waals surface area contributed by atoms with Crippen LogP contribution in [0.1, 0.15) is 20.8 Å². The molecule has 3 unspecified atom stereocenters. The van der Waals surface area contributed by atoms with Gasteiger partial charge in [0.25, 0.3) is 12.6 Å². The first-order valence-corrected chi connectivity index (χ1v) is 5.23. The molecule has 0 aromatic rings. The van der Waals surface area contributed by atoms with Gasteiger partial charge in [-0.25, -0.2) is 18.0 Å². The van der Waals surface area contributed by atoms with Gasteiger partial charge in [-0.1, -0.05) is 0 Å². The van der Waals surface area contributed by atoms with Gasteiger partial charge in [0.2, 0.25) is 12.1 Å². The van der Waals surface area contributed by atoms with E-state index in [1.807, 2.05) is 0 Å². The maximum Gasteiger partial charge on any atom is 0.351 e. The van der Waals surface area contributed by atoms with Crippen LogP contribution in [0.4, 0.5) is 13.2 Å². The molecule has 3 atom stereocenters. The minimum atomic E-state index is -3.56. The van der Waals surface area contributed by atoms with Crippen LogP contribution in [0.3, 0.4) is 0 Å². The molecule has 0 fully saturated rings. The first kappa shape index (κ1) is 16.9. The summed E-state index contributed by atoms with van der Waals surface area (Å²) in [6, 6.07) is 0. The summed E-state index contributed by atoms with van der Waals surface area (Å²) in [5, 5.41) is 0. The highest BCUT2D eigenvalue weighted by Crippen LogP contribution is 2.08. The van der Waals surface area contributed by atoms with Crippen molar-refractivity contribution in [3.8, 4) is 0 Å². The summed E-state index contributed by atoms with van der Waals surface area (Å²) in [6.07, 6.45) is -8.52. The van der Waals surface area contributed by atoms with E-state index in [0.29, 0.717) is 6.61 Å². The molecule has 5 nitrogen and oxygen atoms in total. The molecule has 106 valence electrons. The Morgan fingerprint density at radius 1 is 1.11 bits per heavy atom. The van der Waals surface area contributed by atoms with Crippen LogP contribution in [-0.2, 0) is 23.8 Å². The van der Waals surface area contributed by atoms with Crippen LogP contribution in [-0.4, -0.2) is 43.5 Å². The number of hydrogen-bond donors (Lipinski definition) is 0. The van der Waals surface area contributed by atoms with Gasteiger partial charge in [0.05, 0.1) is 0 Å². The lowest BCUT2D eigenvalue weighted by Crippen LogP contribution is -2.35. The largest absolute Gasteiger partial charge is 0.433 e. The Balaban J connectivity index is 4.18. The molecule has 0 saturated carbocycles. The number of alkyl halides is 3. The average molecular weight is 272 g/mol. The summed E-state index contributed by atoms with van der Waals surface area (Å²) in [7, 11) is 0. The van der Waals surface area contributed by atoms with Gasteiger partial charge in [-0.2, -0.15) is 0 Å². The molecule has 0 aromatic carbocycles. The standard InChI is InChI=1S/C10H15F3O5/c1-4-16-5(2)17-6(3)18-10(15)7(11)8(14)9(12)13/h5-7,9H,4H2,1-3H3. The summed E-state index contributed by atoms with van der Waals surface area (Å²) >= 11 is 0. The van der Waals surface area contributed by atoms with Crippen LogP contribution in [0.2, 0.25) is 0 Å². The van der Waals surface area contributed by atoms with E-state index >= 15 is 0 Å². The molecule has 0 amide bonds. The zero-order valence-electron chi connectivity index (χ0n) is 10.2. The predicted octanol–water partition coefficient (Wildman–Crippen LogP) is 1.45. The topological polar surface area (TPSA) is 61.8 Å². The Hall–Kier alpha value is -1.15. The molecule has 0 spiro atoms. The SMILES string of the molecule is CCOC(C)OC(C)OC(=O)C(F)C(=O)C(F)F. The van der Waals surface area contributed by atoms with E-state index in [1.165, 1.54) is 13.8 Å². The van der Waals surface area contributed by atoms with E-state index in [-0.39, 0.29) is 0 Å². The average Bonchev–Trinajstić information content (AvgIpc) is 2.26. The maximum absolute atomic E-state index is 12.9. The zero-order chi connectivity index (χ0) is 14.3. The summed E-state index contributed by atoms with van der Waals surface area (Å²) < 4.78 is 50.8. The highest BCUT2D eigenvalue weighted by Gasteiger charge is 2.35. The Bertz CT molecular complexity index is 285. The lowest BCUT2D eigenvalue weighted by atomic mass is 10.2. The number of ketones is 1. The lowest BCUT2D eigenvalue weighted by Gasteiger charge is -2.19. The van der Waals surface area contributed by atoms with Crippen molar-refractivity contribution >= 4 is 11.8 Å². The van der Waals surface area contributed by atoms with Crippen LogP contribution in [0, 0.1) is 0 Å². The van der Waals surface area contributed by atoms with Gasteiger partial charge in [-0.15, -0.1) is 0 Å². The van der Waals surface area contributed by atoms with Gasteiger partial charge < -0.3 is 14.2 Å². The second kappa shape index (κ2) is 8.04. The second-order valence-corrected chi connectivity index (χ2v) is 3.23. The number of Topliss-reactive ketones (excluding diaryl/α,β-unsaturated/α-hetero) is 1. The predicted molar refractivity (Wildman–Crippen MR) is 53.6 cm³/mol. The number of esters is 1. The molecule has 8 heteroatoms. The molecule has 0 radical (unpaired) electrons. The molecular formula is C10H15F3O5. The van der Waals surface area contributed by atoms with Crippen molar-refractivity contribution in [1.82, 2.24) is 0 Å². The third-order valence-electron chi connectivity index (χ3n) is 1.74. The van der Waals surface area contributed by atoms with E-state index in [2.05, 4.69) is 4.74 Å². The maximum atomic E-state index is 12.9. The fourth-order valence-electron chi connectivity index (χ4n) is 1.02. The molecular weight excluding hydrogens is 257 g/mol. The summed E-state index contributed by atoms with van der Waals surface area (Å²) in [5.74, 6) is -3.85. The summed E-state index contributed by atoms with van der Waals surface area (Å²) in [5.41, 5.74) is 0. The van der Waals surface area contributed by atoms with Gasteiger partial charge in [-0.3, -0.25) is 4.79 Å². The molecule has 0 heterocycles. The van der Waals surface area contributed by atoms with E-state index in [4.69, 9.17) is 9.47 Å². The molecule has 0 aliphatic heterocycles. The lowest BCUT2D eigenvalue weighted by molar-refractivity contribution is -0.230.